The number of hydrogen-bond acceptors (Lipinski definition) is 7. The van der Waals surface area contributed by atoms with Crippen LogP contribution in [0.1, 0.15) is 11.1 Å². The number of nitrogens with zero attached hydrogens (tertiary/aromatic N) is 3. The number of nitriles is 1. The number of nitro benzene ring substituents is 1. The Morgan fingerprint density at radius 2 is 2.00 bits per heavy atom. The Bertz CT molecular complexity index is 1080. The van der Waals surface area contributed by atoms with Crippen molar-refractivity contribution in [3.05, 3.63) is 68.0 Å². The Balaban J connectivity index is 2.44. The van der Waals surface area contributed by atoms with Crippen molar-refractivity contribution in [3.8, 4) is 17.6 Å². The Kier molecular flexibility index (Phi) is 6.25. The van der Waals surface area contributed by atoms with E-state index in [1.807, 2.05) is 0 Å². The maximum Gasteiger partial charge on any atom is 0.315 e. The SMILES string of the molecule is CN(Cc1cc(Cl)ccc1F)C(=O)/C(C#N)=C(\O)c1cc(O)c(O)c([N+](=O)[O-])c1. The topological polar surface area (TPSA) is 148 Å². The van der Waals surface area contributed by atoms with Gasteiger partial charge in [-0.25, -0.2) is 4.39 Å². The number of aromatic hydroxyl groups is 2. The van der Waals surface area contributed by atoms with E-state index in [1.165, 1.54) is 25.2 Å². The molecule has 0 fully saturated rings. The van der Waals surface area contributed by atoms with Gasteiger partial charge in [-0.2, -0.15) is 5.26 Å². The van der Waals surface area contributed by atoms with Crippen molar-refractivity contribution >= 4 is 29.0 Å². The minimum Gasteiger partial charge on any atom is -0.506 e. The first-order valence-electron chi connectivity index (χ1n) is 7.80. The maximum absolute atomic E-state index is 13.9. The summed E-state index contributed by atoms with van der Waals surface area (Å²) in [5.74, 6) is -4.58. The molecule has 0 aliphatic rings. The summed E-state index contributed by atoms with van der Waals surface area (Å²) in [5.41, 5.74) is -2.14. The van der Waals surface area contributed by atoms with Crippen LogP contribution in [0.3, 0.4) is 0 Å². The number of benzene rings is 2. The molecule has 150 valence electrons. The lowest BCUT2D eigenvalue weighted by Crippen LogP contribution is -2.28. The van der Waals surface area contributed by atoms with E-state index in [0.717, 1.165) is 17.0 Å². The summed E-state index contributed by atoms with van der Waals surface area (Å²) in [4.78, 5) is 23.4. The number of hydrogen-bond donors (Lipinski definition) is 3. The molecule has 2 aromatic carbocycles. The second-order valence-corrected chi connectivity index (χ2v) is 6.29. The molecule has 29 heavy (non-hydrogen) atoms. The number of phenols is 2. The Labute approximate surface area is 168 Å². The normalized spacial score (nSPS) is 11.4. The Morgan fingerprint density at radius 3 is 2.59 bits per heavy atom. The van der Waals surface area contributed by atoms with Crippen LogP contribution in [0.25, 0.3) is 5.76 Å². The summed E-state index contributed by atoms with van der Waals surface area (Å²) in [6.45, 7) is -0.287. The van der Waals surface area contributed by atoms with Crippen molar-refractivity contribution in [2.24, 2.45) is 0 Å². The van der Waals surface area contributed by atoms with Crippen molar-refractivity contribution in [1.29, 1.82) is 5.26 Å². The second kappa shape index (κ2) is 8.45. The fraction of sp³-hybridized carbons (Fsp3) is 0.111. The van der Waals surface area contributed by atoms with Crippen molar-refractivity contribution in [1.82, 2.24) is 4.90 Å². The molecule has 0 aliphatic heterocycles. The van der Waals surface area contributed by atoms with Gasteiger partial charge in [0.2, 0.25) is 5.75 Å². The van der Waals surface area contributed by atoms with Gasteiger partial charge in [0.25, 0.3) is 5.91 Å². The molecule has 0 aromatic heterocycles. The molecule has 0 aliphatic carbocycles. The zero-order valence-corrected chi connectivity index (χ0v) is 15.5. The lowest BCUT2D eigenvalue weighted by Gasteiger charge is -2.18. The summed E-state index contributed by atoms with van der Waals surface area (Å²) < 4.78 is 13.9. The van der Waals surface area contributed by atoms with Gasteiger partial charge in [-0.1, -0.05) is 11.6 Å². The fourth-order valence-corrected chi connectivity index (χ4v) is 2.60. The van der Waals surface area contributed by atoms with E-state index in [9.17, 15) is 39.9 Å². The van der Waals surface area contributed by atoms with Crippen LogP contribution in [-0.4, -0.2) is 38.1 Å². The van der Waals surface area contributed by atoms with E-state index < -0.39 is 50.7 Å². The molecule has 3 N–H and O–H groups in total. The molecule has 0 atom stereocenters. The standard InChI is InChI=1S/C18H13ClFN3O6/c1-22(8-10-4-11(19)2-3-13(10)20)18(27)12(7-21)16(25)9-5-14(23(28)29)17(26)15(24)6-9/h2-6,24-26H,8H2,1H3/b16-12-. The number of carbonyl (C=O) groups is 1. The molecule has 0 unspecified atom stereocenters. The molecule has 9 nitrogen and oxygen atoms in total. The van der Waals surface area contributed by atoms with Crippen LogP contribution in [0.15, 0.2) is 35.9 Å². The van der Waals surface area contributed by atoms with Gasteiger partial charge in [-0.3, -0.25) is 14.9 Å². The van der Waals surface area contributed by atoms with Gasteiger partial charge in [0.05, 0.1) is 4.92 Å². The zero-order chi connectivity index (χ0) is 21.9. The minimum absolute atomic E-state index is 0.0584. The molecular formula is C18H13ClFN3O6. The molecule has 1 amide bonds. The lowest BCUT2D eigenvalue weighted by atomic mass is 10.1. The average Bonchev–Trinajstić information content (AvgIpc) is 2.66. The van der Waals surface area contributed by atoms with Crippen molar-refractivity contribution in [2.75, 3.05) is 7.05 Å². The predicted molar refractivity (Wildman–Crippen MR) is 99.5 cm³/mol. The smallest absolute Gasteiger partial charge is 0.315 e. The molecule has 0 saturated carbocycles. The number of amides is 1. The first-order valence-corrected chi connectivity index (χ1v) is 8.18. The minimum atomic E-state index is -1.04. The number of aliphatic hydroxyl groups is 1. The van der Waals surface area contributed by atoms with Gasteiger partial charge in [0, 0.05) is 35.8 Å². The zero-order valence-electron chi connectivity index (χ0n) is 14.8. The predicted octanol–water partition coefficient (Wildman–Crippen LogP) is 3.25. The Hall–Kier alpha value is -3.84. The number of nitro groups is 1. The van der Waals surface area contributed by atoms with Gasteiger partial charge in [0.15, 0.2) is 11.3 Å². The van der Waals surface area contributed by atoms with E-state index in [0.29, 0.717) is 6.07 Å². The maximum atomic E-state index is 13.9. The number of aliphatic hydroxyl groups excluding tert-OH is 1. The number of likely N-dealkylation sites (N-methyl/N-ethyl adjacent to an activating group) is 1. The highest BCUT2D eigenvalue weighted by molar-refractivity contribution is 6.30. The quantitative estimate of drug-likeness (QED) is 0.167. The summed E-state index contributed by atoms with van der Waals surface area (Å²) in [6.07, 6.45) is 0. The van der Waals surface area contributed by atoms with Gasteiger partial charge < -0.3 is 20.2 Å². The van der Waals surface area contributed by atoms with Gasteiger partial charge in [-0.05, 0) is 24.3 Å². The van der Waals surface area contributed by atoms with Gasteiger partial charge in [-0.15, -0.1) is 0 Å². The number of rotatable bonds is 5. The lowest BCUT2D eigenvalue weighted by molar-refractivity contribution is -0.386. The molecule has 0 saturated heterocycles. The summed E-state index contributed by atoms with van der Waals surface area (Å²) >= 11 is 5.80. The fourth-order valence-electron chi connectivity index (χ4n) is 2.41. The van der Waals surface area contributed by atoms with Crippen LogP contribution in [-0.2, 0) is 11.3 Å². The highest BCUT2D eigenvalue weighted by Gasteiger charge is 2.25. The molecule has 0 heterocycles. The molecule has 0 spiro atoms. The van der Waals surface area contributed by atoms with Crippen LogP contribution in [0, 0.1) is 27.3 Å². The number of carbonyl (C=O) groups excluding carboxylic acids is 1. The van der Waals surface area contributed by atoms with Gasteiger partial charge in [0.1, 0.15) is 17.6 Å². The Morgan fingerprint density at radius 1 is 1.34 bits per heavy atom. The molecule has 2 aromatic rings. The van der Waals surface area contributed by atoms with E-state index >= 15 is 0 Å². The van der Waals surface area contributed by atoms with E-state index in [4.69, 9.17) is 11.6 Å². The third kappa shape index (κ3) is 4.53. The average molecular weight is 422 g/mol. The molecule has 0 radical (unpaired) electrons. The molecular weight excluding hydrogens is 409 g/mol. The number of phenolic OH excluding ortho intramolecular Hbond substituents is 2. The van der Waals surface area contributed by atoms with Crippen molar-refractivity contribution < 1.29 is 29.4 Å². The van der Waals surface area contributed by atoms with Crippen LogP contribution >= 0.6 is 11.6 Å². The van der Waals surface area contributed by atoms with Gasteiger partial charge >= 0.3 is 5.69 Å². The highest BCUT2D eigenvalue weighted by atomic mass is 35.5. The summed E-state index contributed by atoms with van der Waals surface area (Å²) in [5, 5.41) is 49.9. The van der Waals surface area contributed by atoms with Crippen molar-refractivity contribution in [3.63, 3.8) is 0 Å². The monoisotopic (exact) mass is 421 g/mol. The van der Waals surface area contributed by atoms with Crippen LogP contribution < -0.4 is 0 Å². The first-order chi connectivity index (χ1) is 13.6. The van der Waals surface area contributed by atoms with E-state index in [1.54, 1.807) is 0 Å². The van der Waals surface area contributed by atoms with E-state index in [-0.39, 0.29) is 17.1 Å². The molecule has 11 heteroatoms. The van der Waals surface area contributed by atoms with Crippen LogP contribution in [0.5, 0.6) is 11.5 Å². The van der Waals surface area contributed by atoms with E-state index in [2.05, 4.69) is 0 Å². The van der Waals surface area contributed by atoms with Crippen LogP contribution in [0.4, 0.5) is 10.1 Å². The third-order valence-corrected chi connectivity index (χ3v) is 4.10. The number of halogens is 2. The summed E-state index contributed by atoms with van der Waals surface area (Å²) in [7, 11) is 1.24. The second-order valence-electron chi connectivity index (χ2n) is 5.85. The first kappa shape index (κ1) is 21.5. The largest absolute Gasteiger partial charge is 0.506 e. The molecule has 2 rings (SSSR count). The summed E-state index contributed by atoms with van der Waals surface area (Å²) in [6, 6.07) is 6.63. The van der Waals surface area contributed by atoms with Crippen molar-refractivity contribution in [2.45, 2.75) is 6.54 Å². The highest BCUT2D eigenvalue weighted by Crippen LogP contribution is 2.38. The molecule has 0 bridgehead atoms. The third-order valence-electron chi connectivity index (χ3n) is 3.86. The van der Waals surface area contributed by atoms with Crippen LogP contribution in [0.2, 0.25) is 5.02 Å².